The van der Waals surface area contributed by atoms with Crippen molar-refractivity contribution in [1.82, 2.24) is 9.46 Å². The Morgan fingerprint density at radius 1 is 1.50 bits per heavy atom. The van der Waals surface area contributed by atoms with Crippen molar-refractivity contribution in [2.45, 2.75) is 37.6 Å². The Labute approximate surface area is 107 Å². The van der Waals surface area contributed by atoms with E-state index < -0.39 is 10.0 Å². The lowest BCUT2D eigenvalue weighted by molar-refractivity contribution is 0.149. The van der Waals surface area contributed by atoms with Gasteiger partial charge < -0.3 is 9.26 Å². The molecule has 0 spiro atoms. The van der Waals surface area contributed by atoms with Gasteiger partial charge in [0, 0.05) is 19.7 Å². The molecule has 0 bridgehead atoms. The third kappa shape index (κ3) is 2.17. The highest BCUT2D eigenvalue weighted by Crippen LogP contribution is 2.29. The van der Waals surface area contributed by atoms with Crippen LogP contribution in [0, 0.1) is 13.8 Å². The first-order chi connectivity index (χ1) is 8.48. The van der Waals surface area contributed by atoms with Gasteiger partial charge in [-0.3, -0.25) is 0 Å². The highest BCUT2D eigenvalue weighted by molar-refractivity contribution is 7.89. The fourth-order valence-electron chi connectivity index (χ4n) is 2.44. The summed E-state index contributed by atoms with van der Waals surface area (Å²) in [6.07, 6.45) is 1.69. The van der Waals surface area contributed by atoms with E-state index in [0.717, 1.165) is 12.8 Å². The molecular weight excluding hydrogens is 256 g/mol. The Kier molecular flexibility index (Phi) is 3.74. The maximum Gasteiger partial charge on any atom is 0.248 e. The van der Waals surface area contributed by atoms with Crippen LogP contribution in [0.3, 0.4) is 0 Å². The average Bonchev–Trinajstić information content (AvgIpc) is 2.87. The minimum atomic E-state index is -3.53. The standard InChI is InChI=1S/C11H18N2O4S/c1-8-11(9(2)17-12-8)18(14,15)13-6-4-5-10(13)7-16-3/h10H,4-7H2,1-3H3. The van der Waals surface area contributed by atoms with Gasteiger partial charge >= 0.3 is 0 Å². The van der Waals surface area contributed by atoms with Crippen LogP contribution in [0.2, 0.25) is 0 Å². The number of aryl methyl sites for hydroxylation is 2. The molecule has 1 fully saturated rings. The predicted octanol–water partition coefficient (Wildman–Crippen LogP) is 1.09. The molecule has 0 amide bonds. The van der Waals surface area contributed by atoms with Crippen molar-refractivity contribution in [2.24, 2.45) is 0 Å². The number of methoxy groups -OCH3 is 1. The third-order valence-corrected chi connectivity index (χ3v) is 5.41. The highest BCUT2D eigenvalue weighted by atomic mass is 32.2. The van der Waals surface area contributed by atoms with Crippen LogP contribution >= 0.6 is 0 Å². The summed E-state index contributed by atoms with van der Waals surface area (Å²) in [6.45, 7) is 4.21. The van der Waals surface area contributed by atoms with Crippen LogP contribution in [0.25, 0.3) is 0 Å². The summed E-state index contributed by atoms with van der Waals surface area (Å²) >= 11 is 0. The second-order valence-electron chi connectivity index (χ2n) is 4.52. The Hall–Kier alpha value is -0.920. The molecule has 1 aromatic heterocycles. The van der Waals surface area contributed by atoms with E-state index in [2.05, 4.69) is 5.16 Å². The maximum absolute atomic E-state index is 12.6. The van der Waals surface area contributed by atoms with Gasteiger partial charge in [-0.15, -0.1) is 0 Å². The maximum atomic E-state index is 12.6. The summed E-state index contributed by atoms with van der Waals surface area (Å²) in [5.41, 5.74) is 0.413. The molecule has 0 aliphatic carbocycles. The normalized spacial score (nSPS) is 21.6. The zero-order valence-corrected chi connectivity index (χ0v) is 11.7. The van der Waals surface area contributed by atoms with Crippen molar-refractivity contribution in [3.63, 3.8) is 0 Å². The largest absolute Gasteiger partial charge is 0.383 e. The molecule has 0 saturated carbocycles. The monoisotopic (exact) mass is 274 g/mol. The first kappa shape index (κ1) is 13.5. The molecule has 1 aromatic rings. The van der Waals surface area contributed by atoms with Gasteiger partial charge in [-0.05, 0) is 26.7 Å². The van der Waals surface area contributed by atoms with Crippen LogP contribution < -0.4 is 0 Å². The lowest BCUT2D eigenvalue weighted by Gasteiger charge is -2.23. The molecule has 1 aliphatic heterocycles. The summed E-state index contributed by atoms with van der Waals surface area (Å²) in [5.74, 6) is 0.343. The van der Waals surface area contributed by atoms with Crippen molar-refractivity contribution in [3.8, 4) is 0 Å². The highest BCUT2D eigenvalue weighted by Gasteiger charge is 2.38. The zero-order chi connectivity index (χ0) is 13.3. The van der Waals surface area contributed by atoms with Gasteiger partial charge in [0.1, 0.15) is 10.6 Å². The number of hydrogen-bond acceptors (Lipinski definition) is 5. The molecule has 2 heterocycles. The lowest BCUT2D eigenvalue weighted by atomic mass is 10.2. The van der Waals surface area contributed by atoms with Crippen LogP contribution in [0.5, 0.6) is 0 Å². The smallest absolute Gasteiger partial charge is 0.248 e. The van der Waals surface area contributed by atoms with Crippen LogP contribution in [0.15, 0.2) is 9.42 Å². The molecule has 1 unspecified atom stereocenters. The van der Waals surface area contributed by atoms with E-state index in [1.54, 1.807) is 21.0 Å². The van der Waals surface area contributed by atoms with Gasteiger partial charge in [-0.25, -0.2) is 8.42 Å². The molecule has 18 heavy (non-hydrogen) atoms. The average molecular weight is 274 g/mol. The summed E-state index contributed by atoms with van der Waals surface area (Å²) < 4.78 is 36.7. The summed E-state index contributed by atoms with van der Waals surface area (Å²) in [7, 11) is -1.95. The quantitative estimate of drug-likeness (QED) is 0.821. The van der Waals surface area contributed by atoms with Gasteiger partial charge in [-0.1, -0.05) is 5.16 Å². The Morgan fingerprint density at radius 2 is 2.22 bits per heavy atom. The van der Waals surface area contributed by atoms with Gasteiger partial charge in [0.2, 0.25) is 10.0 Å². The molecule has 0 radical (unpaired) electrons. The first-order valence-electron chi connectivity index (χ1n) is 5.92. The number of nitrogens with zero attached hydrogens (tertiary/aromatic N) is 2. The van der Waals surface area contributed by atoms with Gasteiger partial charge in [0.05, 0.1) is 6.61 Å². The zero-order valence-electron chi connectivity index (χ0n) is 10.8. The SMILES string of the molecule is COCC1CCCN1S(=O)(=O)c1c(C)noc1C. The fourth-order valence-corrected chi connectivity index (χ4v) is 4.42. The van der Waals surface area contributed by atoms with Gasteiger partial charge in [-0.2, -0.15) is 4.31 Å². The topological polar surface area (TPSA) is 72.6 Å². The Balaban J connectivity index is 2.37. The molecule has 102 valence electrons. The summed E-state index contributed by atoms with van der Waals surface area (Å²) in [5, 5.41) is 3.71. The van der Waals surface area contributed by atoms with E-state index in [4.69, 9.17) is 9.26 Å². The van der Waals surface area contributed by atoms with E-state index in [0.29, 0.717) is 24.6 Å². The van der Waals surface area contributed by atoms with E-state index in [1.807, 2.05) is 0 Å². The second-order valence-corrected chi connectivity index (χ2v) is 6.35. The van der Waals surface area contributed by atoms with E-state index in [1.165, 1.54) is 4.31 Å². The number of ether oxygens (including phenoxy) is 1. The molecule has 6 nitrogen and oxygen atoms in total. The number of sulfonamides is 1. The Morgan fingerprint density at radius 3 is 2.78 bits per heavy atom. The number of rotatable bonds is 4. The minimum Gasteiger partial charge on any atom is -0.383 e. The van der Waals surface area contributed by atoms with Crippen molar-refractivity contribution in [2.75, 3.05) is 20.3 Å². The third-order valence-electron chi connectivity index (χ3n) is 3.22. The molecule has 0 N–H and O–H groups in total. The van der Waals surface area contributed by atoms with Crippen LogP contribution in [0.4, 0.5) is 0 Å². The van der Waals surface area contributed by atoms with Crippen molar-refractivity contribution < 1.29 is 17.7 Å². The summed E-state index contributed by atoms with van der Waals surface area (Å²) in [4.78, 5) is 0.200. The van der Waals surface area contributed by atoms with E-state index >= 15 is 0 Å². The number of hydrogen-bond donors (Lipinski definition) is 0. The van der Waals surface area contributed by atoms with Crippen LogP contribution in [-0.2, 0) is 14.8 Å². The number of aromatic nitrogens is 1. The molecule has 1 atom stereocenters. The molecule has 1 aliphatic rings. The van der Waals surface area contributed by atoms with E-state index in [-0.39, 0.29) is 10.9 Å². The van der Waals surface area contributed by atoms with Crippen molar-refractivity contribution >= 4 is 10.0 Å². The fraction of sp³-hybridized carbons (Fsp3) is 0.727. The van der Waals surface area contributed by atoms with Gasteiger partial charge in [0.25, 0.3) is 0 Å². The lowest BCUT2D eigenvalue weighted by Crippen LogP contribution is -2.38. The molecule has 2 rings (SSSR count). The second kappa shape index (κ2) is 4.99. The predicted molar refractivity (Wildman–Crippen MR) is 64.8 cm³/mol. The first-order valence-corrected chi connectivity index (χ1v) is 7.36. The minimum absolute atomic E-state index is 0.0892. The van der Waals surface area contributed by atoms with Crippen LogP contribution in [-0.4, -0.2) is 44.2 Å². The van der Waals surface area contributed by atoms with Crippen molar-refractivity contribution in [3.05, 3.63) is 11.5 Å². The molecule has 7 heteroatoms. The van der Waals surface area contributed by atoms with Crippen molar-refractivity contribution in [1.29, 1.82) is 0 Å². The Bertz CT molecular complexity index is 504. The molecular formula is C11H18N2O4S. The molecule has 0 aromatic carbocycles. The van der Waals surface area contributed by atoms with Crippen LogP contribution in [0.1, 0.15) is 24.3 Å². The molecule has 1 saturated heterocycles. The summed E-state index contributed by atoms with van der Waals surface area (Å²) in [6, 6.07) is -0.0892. The van der Waals surface area contributed by atoms with Gasteiger partial charge in [0.15, 0.2) is 5.76 Å². The van der Waals surface area contributed by atoms with E-state index in [9.17, 15) is 8.42 Å².